The van der Waals surface area contributed by atoms with Gasteiger partial charge < -0.3 is 15.2 Å². The number of carboxylic acids is 1. The van der Waals surface area contributed by atoms with Crippen LogP contribution in [0.25, 0.3) is 0 Å². The highest BCUT2D eigenvalue weighted by Crippen LogP contribution is 2.32. The normalized spacial score (nSPS) is 12.6. The first kappa shape index (κ1) is 19.8. The van der Waals surface area contributed by atoms with Gasteiger partial charge in [-0.05, 0) is 42.3 Å². The third-order valence-corrected chi connectivity index (χ3v) is 3.72. The summed E-state index contributed by atoms with van der Waals surface area (Å²) in [6, 6.07) is 10.8. The van der Waals surface area contributed by atoms with Crippen LogP contribution in [0.15, 0.2) is 48.5 Å². The average molecular weight is 367 g/mol. The largest absolute Gasteiger partial charge is 0.480 e. The van der Waals surface area contributed by atoms with Crippen LogP contribution in [0.2, 0.25) is 0 Å². The van der Waals surface area contributed by atoms with E-state index in [1.54, 1.807) is 24.3 Å². The molecule has 0 aromatic heterocycles. The number of hydrogen-bond acceptors (Lipinski definition) is 3. The van der Waals surface area contributed by atoms with Crippen LogP contribution in [-0.2, 0) is 17.5 Å². The van der Waals surface area contributed by atoms with Crippen molar-refractivity contribution in [1.82, 2.24) is 5.32 Å². The van der Waals surface area contributed by atoms with Crippen LogP contribution in [0.4, 0.5) is 13.2 Å². The Morgan fingerprint density at radius 1 is 1.15 bits per heavy atom. The van der Waals surface area contributed by atoms with E-state index >= 15 is 0 Å². The zero-order valence-electron chi connectivity index (χ0n) is 14.2. The monoisotopic (exact) mass is 367 g/mol. The van der Waals surface area contributed by atoms with Gasteiger partial charge in [-0.3, -0.25) is 4.79 Å². The number of carboxylic acid groups (broad SMARTS) is 1. The van der Waals surface area contributed by atoms with Gasteiger partial charge in [0.1, 0.15) is 17.5 Å². The third-order valence-electron chi connectivity index (χ3n) is 3.72. The average Bonchev–Trinajstić information content (AvgIpc) is 2.58. The molecule has 4 nitrogen and oxygen atoms in total. The fourth-order valence-electron chi connectivity index (χ4n) is 2.43. The second-order valence-electron chi connectivity index (χ2n) is 5.84. The van der Waals surface area contributed by atoms with Gasteiger partial charge in [-0.2, -0.15) is 13.2 Å². The molecule has 0 aliphatic heterocycles. The molecule has 0 amide bonds. The summed E-state index contributed by atoms with van der Waals surface area (Å²) < 4.78 is 43.8. The van der Waals surface area contributed by atoms with E-state index in [1.807, 2.05) is 6.92 Å². The first-order chi connectivity index (χ1) is 12.3. The Kier molecular flexibility index (Phi) is 6.63. The molecule has 2 aromatic carbocycles. The van der Waals surface area contributed by atoms with Crippen molar-refractivity contribution in [3.63, 3.8) is 0 Å². The molecule has 0 spiro atoms. The van der Waals surface area contributed by atoms with Crippen molar-refractivity contribution in [2.45, 2.75) is 38.5 Å². The number of halogens is 3. The lowest BCUT2D eigenvalue weighted by molar-refractivity contribution is -0.140. The number of rotatable bonds is 8. The predicted octanol–water partition coefficient (Wildman–Crippen LogP) is 4.84. The van der Waals surface area contributed by atoms with Crippen LogP contribution in [0.5, 0.6) is 11.5 Å². The van der Waals surface area contributed by atoms with Gasteiger partial charge in [0, 0.05) is 6.54 Å². The van der Waals surface area contributed by atoms with E-state index in [0.29, 0.717) is 18.7 Å². The summed E-state index contributed by atoms with van der Waals surface area (Å²) in [5, 5.41) is 12.1. The fourth-order valence-corrected chi connectivity index (χ4v) is 2.43. The minimum Gasteiger partial charge on any atom is -0.480 e. The molecule has 0 radical (unpaired) electrons. The maximum absolute atomic E-state index is 12.8. The van der Waals surface area contributed by atoms with Crippen molar-refractivity contribution >= 4 is 5.97 Å². The number of ether oxygens (including phenoxy) is 1. The maximum Gasteiger partial charge on any atom is 0.416 e. The number of hydrogen-bond donors (Lipinski definition) is 2. The van der Waals surface area contributed by atoms with E-state index < -0.39 is 23.8 Å². The molecule has 1 unspecified atom stereocenters. The zero-order valence-corrected chi connectivity index (χ0v) is 14.2. The molecule has 140 valence electrons. The van der Waals surface area contributed by atoms with Gasteiger partial charge in [-0.15, -0.1) is 0 Å². The molecule has 1 atom stereocenters. The van der Waals surface area contributed by atoms with Crippen LogP contribution < -0.4 is 10.1 Å². The minimum atomic E-state index is -4.43. The third kappa shape index (κ3) is 5.77. The molecule has 0 aliphatic carbocycles. The van der Waals surface area contributed by atoms with Gasteiger partial charge in [0.2, 0.25) is 0 Å². The Balaban J connectivity index is 2.06. The Morgan fingerprint density at radius 2 is 1.81 bits per heavy atom. The van der Waals surface area contributed by atoms with Crippen molar-refractivity contribution in [2.24, 2.45) is 0 Å². The van der Waals surface area contributed by atoms with E-state index in [0.717, 1.165) is 24.1 Å². The van der Waals surface area contributed by atoms with Gasteiger partial charge in [0.05, 0.1) is 5.56 Å². The molecule has 26 heavy (non-hydrogen) atoms. The summed E-state index contributed by atoms with van der Waals surface area (Å²) in [5.74, 6) is -0.450. The Bertz CT molecular complexity index is 747. The van der Waals surface area contributed by atoms with Crippen LogP contribution in [0.3, 0.4) is 0 Å². The molecular weight excluding hydrogens is 347 g/mol. The van der Waals surface area contributed by atoms with Crippen LogP contribution in [0, 0.1) is 0 Å². The molecular formula is C19H20F3NO3. The molecule has 0 fully saturated rings. The van der Waals surface area contributed by atoms with Crippen molar-refractivity contribution in [1.29, 1.82) is 0 Å². The smallest absolute Gasteiger partial charge is 0.416 e. The van der Waals surface area contributed by atoms with Gasteiger partial charge in [0.15, 0.2) is 0 Å². The Labute approximate surface area is 149 Å². The molecule has 0 saturated carbocycles. The van der Waals surface area contributed by atoms with Crippen molar-refractivity contribution < 1.29 is 27.8 Å². The molecule has 0 heterocycles. The number of carbonyl (C=O) groups is 1. The molecule has 0 aliphatic rings. The summed E-state index contributed by atoms with van der Waals surface area (Å²) in [7, 11) is 0. The highest BCUT2D eigenvalue weighted by atomic mass is 19.4. The molecule has 2 N–H and O–H groups in total. The quantitative estimate of drug-likeness (QED) is 0.701. The second kappa shape index (κ2) is 8.71. The van der Waals surface area contributed by atoms with E-state index in [1.165, 1.54) is 12.1 Å². The predicted molar refractivity (Wildman–Crippen MR) is 91.1 cm³/mol. The summed E-state index contributed by atoms with van der Waals surface area (Å²) in [4.78, 5) is 11.2. The van der Waals surface area contributed by atoms with Crippen LogP contribution >= 0.6 is 0 Å². The molecule has 0 saturated heterocycles. The minimum absolute atomic E-state index is 0.0827. The number of benzene rings is 2. The van der Waals surface area contributed by atoms with Crippen LogP contribution in [-0.4, -0.2) is 17.1 Å². The van der Waals surface area contributed by atoms with Crippen molar-refractivity contribution in [3.8, 4) is 11.5 Å². The van der Waals surface area contributed by atoms with Crippen molar-refractivity contribution in [2.75, 3.05) is 0 Å². The van der Waals surface area contributed by atoms with Gasteiger partial charge >= 0.3 is 12.1 Å². The van der Waals surface area contributed by atoms with Gasteiger partial charge in [-0.25, -0.2) is 0 Å². The Hall–Kier alpha value is -2.54. The van der Waals surface area contributed by atoms with E-state index in [-0.39, 0.29) is 5.75 Å². The van der Waals surface area contributed by atoms with Crippen LogP contribution in [0.1, 0.15) is 30.9 Å². The lowest BCUT2D eigenvalue weighted by Crippen LogP contribution is -2.35. The zero-order chi connectivity index (χ0) is 19.2. The number of nitrogens with one attached hydrogen (secondary N) is 1. The maximum atomic E-state index is 12.8. The molecule has 7 heteroatoms. The Morgan fingerprint density at radius 3 is 2.42 bits per heavy atom. The van der Waals surface area contributed by atoms with Gasteiger partial charge in [0.25, 0.3) is 0 Å². The number of aliphatic carboxylic acids is 1. The van der Waals surface area contributed by atoms with E-state index in [4.69, 9.17) is 9.84 Å². The van der Waals surface area contributed by atoms with Gasteiger partial charge in [-0.1, -0.05) is 31.5 Å². The number of alkyl halides is 3. The molecule has 2 aromatic rings. The molecule has 2 rings (SSSR count). The lowest BCUT2D eigenvalue weighted by Gasteiger charge is -2.14. The SMILES string of the molecule is CCCC(NCc1cccc(Oc2cccc(C(F)(F)F)c2)c1)C(=O)O. The fraction of sp³-hybridized carbons (Fsp3) is 0.316. The highest BCUT2D eigenvalue weighted by Gasteiger charge is 2.30. The first-order valence-electron chi connectivity index (χ1n) is 8.20. The summed E-state index contributed by atoms with van der Waals surface area (Å²) in [5.41, 5.74) is -0.00600. The topological polar surface area (TPSA) is 58.6 Å². The summed E-state index contributed by atoms with van der Waals surface area (Å²) in [6.07, 6.45) is -3.19. The van der Waals surface area contributed by atoms with Crippen molar-refractivity contribution in [3.05, 3.63) is 59.7 Å². The first-order valence-corrected chi connectivity index (χ1v) is 8.20. The standard InChI is InChI=1S/C19H20F3NO3/c1-2-5-17(18(24)25)23-12-13-6-3-8-15(10-13)26-16-9-4-7-14(11-16)19(20,21)22/h3-4,6-11,17,23H,2,5,12H2,1H3,(H,24,25). The lowest BCUT2D eigenvalue weighted by atomic mass is 10.1. The summed E-state index contributed by atoms with van der Waals surface area (Å²) in [6.45, 7) is 2.22. The second-order valence-corrected chi connectivity index (χ2v) is 5.84. The van der Waals surface area contributed by atoms with E-state index in [2.05, 4.69) is 5.32 Å². The summed E-state index contributed by atoms with van der Waals surface area (Å²) >= 11 is 0. The molecule has 0 bridgehead atoms. The van der Waals surface area contributed by atoms with E-state index in [9.17, 15) is 18.0 Å². The highest BCUT2D eigenvalue weighted by molar-refractivity contribution is 5.73.